The molecule has 1 aliphatic rings. The molecule has 1 unspecified atom stereocenters. The first-order valence-electron chi connectivity index (χ1n) is 9.30. The predicted molar refractivity (Wildman–Crippen MR) is 95.9 cm³/mol. The van der Waals surface area contributed by atoms with Crippen molar-refractivity contribution in [3.8, 4) is 0 Å². The van der Waals surface area contributed by atoms with Crippen molar-refractivity contribution in [3.63, 3.8) is 0 Å². The van der Waals surface area contributed by atoms with Crippen LogP contribution in [0.1, 0.15) is 49.0 Å². The van der Waals surface area contributed by atoms with Crippen molar-refractivity contribution >= 4 is 11.9 Å². The molecule has 0 aliphatic carbocycles. The zero-order chi connectivity index (χ0) is 19.2. The normalized spacial score (nSPS) is 17.0. The summed E-state index contributed by atoms with van der Waals surface area (Å²) >= 11 is 0. The van der Waals surface area contributed by atoms with Gasteiger partial charge in [-0.2, -0.15) is 4.98 Å². The third-order valence-corrected chi connectivity index (χ3v) is 4.59. The number of nitrogens with one attached hydrogen (secondary N) is 1. The minimum atomic E-state index is -0.203. The number of aromatic nitrogens is 2. The van der Waals surface area contributed by atoms with E-state index in [9.17, 15) is 9.59 Å². The van der Waals surface area contributed by atoms with E-state index in [2.05, 4.69) is 15.5 Å². The Morgan fingerprint density at radius 3 is 2.93 bits per heavy atom. The van der Waals surface area contributed by atoms with Crippen molar-refractivity contribution in [1.29, 1.82) is 0 Å². The van der Waals surface area contributed by atoms with Gasteiger partial charge in [-0.25, -0.2) is 4.79 Å². The number of likely N-dealkylation sites (tertiary alicyclic amines) is 1. The van der Waals surface area contributed by atoms with Crippen molar-refractivity contribution in [2.24, 2.45) is 0 Å². The number of hydrogen-bond acceptors (Lipinski definition) is 6. The first-order valence-corrected chi connectivity index (χ1v) is 9.30. The molecule has 3 amide bonds. The number of furan rings is 1. The lowest BCUT2D eigenvalue weighted by molar-refractivity contribution is 0.0662. The summed E-state index contributed by atoms with van der Waals surface area (Å²) in [6.07, 6.45) is 3.82. The lowest BCUT2D eigenvalue weighted by atomic mass is 10.1. The molecule has 1 fully saturated rings. The van der Waals surface area contributed by atoms with Crippen LogP contribution in [0.3, 0.4) is 0 Å². The molecule has 9 nitrogen and oxygen atoms in total. The Labute approximate surface area is 157 Å². The van der Waals surface area contributed by atoms with Crippen LogP contribution in [0.5, 0.6) is 0 Å². The second-order valence-electron chi connectivity index (χ2n) is 6.49. The number of rotatable bonds is 6. The SMILES string of the molecule is CCc1noc(CN(CC)C(=O)NC2CCCN(C(=O)c3ccco3)C2)n1. The van der Waals surface area contributed by atoms with Gasteiger partial charge in [0.15, 0.2) is 11.6 Å². The average molecular weight is 375 g/mol. The zero-order valence-corrected chi connectivity index (χ0v) is 15.7. The Balaban J connectivity index is 1.56. The van der Waals surface area contributed by atoms with Gasteiger partial charge in [0.05, 0.1) is 6.26 Å². The molecule has 9 heteroatoms. The molecule has 1 N–H and O–H groups in total. The lowest BCUT2D eigenvalue weighted by Gasteiger charge is -2.33. The summed E-state index contributed by atoms with van der Waals surface area (Å²) in [5.41, 5.74) is 0. The average Bonchev–Trinajstić information content (AvgIpc) is 3.37. The number of nitrogens with zero attached hydrogens (tertiary/aromatic N) is 4. The van der Waals surface area contributed by atoms with Gasteiger partial charge in [-0.05, 0) is 31.9 Å². The second-order valence-corrected chi connectivity index (χ2v) is 6.49. The molecule has 2 aromatic heterocycles. The van der Waals surface area contributed by atoms with Gasteiger partial charge in [0, 0.05) is 32.1 Å². The highest BCUT2D eigenvalue weighted by atomic mass is 16.5. The van der Waals surface area contributed by atoms with Crippen LogP contribution in [-0.2, 0) is 13.0 Å². The molecule has 3 rings (SSSR count). The molecule has 0 aromatic carbocycles. The maximum atomic E-state index is 12.6. The van der Waals surface area contributed by atoms with E-state index < -0.39 is 0 Å². The Morgan fingerprint density at radius 2 is 2.26 bits per heavy atom. The molecule has 0 saturated carbocycles. The summed E-state index contributed by atoms with van der Waals surface area (Å²) in [7, 11) is 0. The molecule has 1 aliphatic heterocycles. The van der Waals surface area contributed by atoms with Crippen molar-refractivity contribution < 1.29 is 18.5 Å². The van der Waals surface area contributed by atoms with Gasteiger partial charge >= 0.3 is 6.03 Å². The van der Waals surface area contributed by atoms with E-state index in [-0.39, 0.29) is 24.5 Å². The van der Waals surface area contributed by atoms with Crippen LogP contribution in [0.4, 0.5) is 4.79 Å². The quantitative estimate of drug-likeness (QED) is 0.829. The van der Waals surface area contributed by atoms with Crippen LogP contribution in [0, 0.1) is 0 Å². The zero-order valence-electron chi connectivity index (χ0n) is 15.7. The van der Waals surface area contributed by atoms with E-state index in [1.807, 2.05) is 13.8 Å². The van der Waals surface area contributed by atoms with E-state index in [4.69, 9.17) is 8.94 Å². The fraction of sp³-hybridized carbons (Fsp3) is 0.556. The van der Waals surface area contributed by atoms with Gasteiger partial charge in [-0.1, -0.05) is 12.1 Å². The van der Waals surface area contributed by atoms with E-state index in [1.165, 1.54) is 6.26 Å². The number of aryl methyl sites for hydroxylation is 1. The monoisotopic (exact) mass is 375 g/mol. The van der Waals surface area contributed by atoms with E-state index in [1.54, 1.807) is 21.9 Å². The molecule has 3 heterocycles. The van der Waals surface area contributed by atoms with Gasteiger partial charge in [0.2, 0.25) is 5.89 Å². The number of urea groups is 1. The molecule has 1 atom stereocenters. The second kappa shape index (κ2) is 8.70. The number of piperidine rings is 1. The number of carbonyl (C=O) groups excluding carboxylic acids is 2. The molecule has 0 bridgehead atoms. The molecule has 0 spiro atoms. The fourth-order valence-corrected chi connectivity index (χ4v) is 3.09. The van der Waals surface area contributed by atoms with Crippen LogP contribution in [0.25, 0.3) is 0 Å². The molecule has 27 heavy (non-hydrogen) atoms. The first kappa shape index (κ1) is 18.9. The summed E-state index contributed by atoms with van der Waals surface area (Å²) in [5.74, 6) is 1.22. The molecule has 0 radical (unpaired) electrons. The van der Waals surface area contributed by atoms with Gasteiger partial charge in [-0.3, -0.25) is 4.79 Å². The Kier molecular flexibility index (Phi) is 6.10. The summed E-state index contributed by atoms with van der Waals surface area (Å²) in [4.78, 5) is 32.6. The van der Waals surface area contributed by atoms with Crippen LogP contribution in [-0.4, -0.2) is 57.6 Å². The van der Waals surface area contributed by atoms with Crippen LogP contribution >= 0.6 is 0 Å². The standard InChI is InChI=1S/C18H25N5O4/c1-3-15-20-16(27-21-15)12-22(4-2)18(25)19-13-7-5-9-23(11-13)17(24)14-8-6-10-26-14/h6,8,10,13H,3-5,7,9,11-12H2,1-2H3,(H,19,25). The smallest absolute Gasteiger partial charge is 0.318 e. The summed E-state index contributed by atoms with van der Waals surface area (Å²) in [6, 6.07) is 3.04. The van der Waals surface area contributed by atoms with Crippen molar-refractivity contribution in [1.82, 2.24) is 25.3 Å². The van der Waals surface area contributed by atoms with Crippen LogP contribution in [0.2, 0.25) is 0 Å². The fourth-order valence-electron chi connectivity index (χ4n) is 3.09. The highest BCUT2D eigenvalue weighted by Gasteiger charge is 2.28. The minimum Gasteiger partial charge on any atom is -0.459 e. The summed E-state index contributed by atoms with van der Waals surface area (Å²) < 4.78 is 10.4. The van der Waals surface area contributed by atoms with Gasteiger partial charge < -0.3 is 24.1 Å². The van der Waals surface area contributed by atoms with Crippen LogP contribution in [0.15, 0.2) is 27.3 Å². The third kappa shape index (κ3) is 4.66. The molecule has 2 aromatic rings. The minimum absolute atomic E-state index is 0.104. The first-order chi connectivity index (χ1) is 13.1. The highest BCUT2D eigenvalue weighted by Crippen LogP contribution is 2.15. The predicted octanol–water partition coefficient (Wildman–Crippen LogP) is 2.06. The number of hydrogen-bond donors (Lipinski definition) is 1. The Morgan fingerprint density at radius 1 is 1.41 bits per heavy atom. The van der Waals surface area contributed by atoms with Gasteiger partial charge in [0.1, 0.15) is 6.54 Å². The number of amides is 3. The summed E-state index contributed by atoms with van der Waals surface area (Å²) in [6.45, 7) is 5.73. The maximum absolute atomic E-state index is 12.6. The van der Waals surface area contributed by atoms with Gasteiger partial charge in [0.25, 0.3) is 5.91 Å². The summed E-state index contributed by atoms with van der Waals surface area (Å²) in [5, 5.41) is 6.87. The highest BCUT2D eigenvalue weighted by molar-refractivity contribution is 5.91. The van der Waals surface area contributed by atoms with E-state index >= 15 is 0 Å². The van der Waals surface area contributed by atoms with Crippen molar-refractivity contribution in [2.45, 2.75) is 45.7 Å². The van der Waals surface area contributed by atoms with Crippen molar-refractivity contribution in [2.75, 3.05) is 19.6 Å². The number of carbonyl (C=O) groups is 2. The van der Waals surface area contributed by atoms with E-state index in [0.717, 1.165) is 12.8 Å². The Hall–Kier alpha value is -2.84. The lowest BCUT2D eigenvalue weighted by Crippen LogP contribution is -2.52. The Bertz CT molecular complexity index is 758. The molecule has 146 valence electrons. The van der Waals surface area contributed by atoms with Crippen LogP contribution < -0.4 is 5.32 Å². The molecule has 1 saturated heterocycles. The molecular formula is C18H25N5O4. The van der Waals surface area contributed by atoms with Crippen molar-refractivity contribution in [3.05, 3.63) is 35.9 Å². The topological polar surface area (TPSA) is 105 Å². The maximum Gasteiger partial charge on any atom is 0.318 e. The van der Waals surface area contributed by atoms with E-state index in [0.29, 0.717) is 43.5 Å². The third-order valence-electron chi connectivity index (χ3n) is 4.59. The largest absolute Gasteiger partial charge is 0.459 e. The van der Waals surface area contributed by atoms with Gasteiger partial charge in [-0.15, -0.1) is 0 Å². The molecular weight excluding hydrogens is 350 g/mol.